The van der Waals surface area contributed by atoms with Crippen LogP contribution < -0.4 is 0 Å². The van der Waals surface area contributed by atoms with E-state index in [1.54, 1.807) is 0 Å². The van der Waals surface area contributed by atoms with Gasteiger partial charge in [-0.25, -0.2) is 0 Å². The number of amides is 1. The fraction of sp³-hybridized carbons (Fsp3) is 0.311. The Morgan fingerprint density at radius 3 is 1.74 bits per heavy atom. The fourth-order valence-electron chi connectivity index (χ4n) is 7.22. The van der Waals surface area contributed by atoms with Crippen molar-refractivity contribution < 1.29 is 4.79 Å². The van der Waals surface area contributed by atoms with Crippen molar-refractivity contribution in [2.75, 3.05) is 13.1 Å². The van der Waals surface area contributed by atoms with E-state index < -0.39 is 0 Å². The second kappa shape index (κ2) is 15.9. The van der Waals surface area contributed by atoms with Crippen molar-refractivity contribution in [3.05, 3.63) is 156 Å². The Balaban J connectivity index is 1.11. The van der Waals surface area contributed by atoms with Crippen LogP contribution in [0.25, 0.3) is 22.3 Å². The van der Waals surface area contributed by atoms with E-state index in [-0.39, 0.29) is 5.91 Å². The lowest BCUT2D eigenvalue weighted by atomic mass is 9.83. The van der Waals surface area contributed by atoms with Crippen LogP contribution >= 0.6 is 0 Å². The molecule has 47 heavy (non-hydrogen) atoms. The molecule has 0 radical (unpaired) electrons. The quantitative estimate of drug-likeness (QED) is 0.128. The van der Waals surface area contributed by atoms with E-state index >= 15 is 0 Å². The van der Waals surface area contributed by atoms with Gasteiger partial charge in [-0.05, 0) is 107 Å². The number of hydrogen-bond acceptors (Lipinski definition) is 1. The molecule has 2 heteroatoms. The molecule has 3 unspecified atom stereocenters. The number of carbonyl (C=O) groups excluding carboxylic acids is 1. The van der Waals surface area contributed by atoms with Gasteiger partial charge in [-0.3, -0.25) is 4.79 Å². The lowest BCUT2D eigenvalue weighted by Gasteiger charge is -2.22. The third kappa shape index (κ3) is 8.49. The van der Waals surface area contributed by atoms with E-state index in [2.05, 4.69) is 135 Å². The number of hydrogen-bond donors (Lipinski definition) is 0. The summed E-state index contributed by atoms with van der Waals surface area (Å²) < 4.78 is 0. The Kier molecular flexibility index (Phi) is 11.0. The molecule has 1 aliphatic heterocycles. The molecule has 2 nitrogen and oxygen atoms in total. The first-order chi connectivity index (χ1) is 23.0. The molecular weight excluding hydrogens is 571 g/mol. The molecule has 0 saturated carbocycles. The summed E-state index contributed by atoms with van der Waals surface area (Å²) in [6, 6.07) is 48.3. The molecule has 1 aliphatic rings. The van der Waals surface area contributed by atoms with Gasteiger partial charge in [0.15, 0.2) is 0 Å². The Morgan fingerprint density at radius 1 is 0.532 bits per heavy atom. The zero-order valence-corrected chi connectivity index (χ0v) is 28.2. The SMILES string of the molecule is CC(CCCC(CCC(C)c1ccc(C(=O)N2CCCC2)cc1)c1ccc(-c2ccccc2)cc1)c1cccc(-c2ccccc2)c1. The fourth-order valence-corrected chi connectivity index (χ4v) is 7.22. The van der Waals surface area contributed by atoms with Gasteiger partial charge in [0.2, 0.25) is 0 Å². The largest absolute Gasteiger partial charge is 0.339 e. The second-order valence-corrected chi connectivity index (χ2v) is 13.6. The molecule has 1 fully saturated rings. The van der Waals surface area contributed by atoms with Gasteiger partial charge in [-0.1, -0.05) is 142 Å². The van der Waals surface area contributed by atoms with Crippen molar-refractivity contribution in [2.24, 2.45) is 0 Å². The summed E-state index contributed by atoms with van der Waals surface area (Å²) in [5.41, 5.74) is 10.1. The van der Waals surface area contributed by atoms with Crippen LogP contribution in [0.4, 0.5) is 0 Å². The van der Waals surface area contributed by atoms with E-state index in [1.165, 1.54) is 58.2 Å². The van der Waals surface area contributed by atoms with E-state index in [1.807, 2.05) is 17.0 Å². The maximum absolute atomic E-state index is 12.9. The third-order valence-corrected chi connectivity index (χ3v) is 10.3. The molecule has 0 N–H and O–H groups in total. The predicted octanol–water partition coefficient (Wildman–Crippen LogP) is 11.9. The van der Waals surface area contributed by atoms with Crippen molar-refractivity contribution in [3.8, 4) is 22.3 Å². The normalized spacial score (nSPS) is 14.9. The van der Waals surface area contributed by atoms with Gasteiger partial charge in [-0.15, -0.1) is 0 Å². The van der Waals surface area contributed by atoms with Gasteiger partial charge < -0.3 is 4.90 Å². The first-order valence-corrected chi connectivity index (χ1v) is 17.7. The standard InChI is InChI=1S/C45H49NO/c1-34(43-19-12-20-44(33-43)38-16-7-4-8-17-38)13-11-18-39(41-27-25-40(26-28-41)37-14-5-3-6-15-37)22-21-35(2)36-23-29-42(30-24-36)45(47)46-31-9-10-32-46/h3-8,12,14-17,19-20,23-30,33-35,39H,9-11,13,18,21-22,31-32H2,1-2H3. The monoisotopic (exact) mass is 619 g/mol. The van der Waals surface area contributed by atoms with Crippen molar-refractivity contribution in [1.29, 1.82) is 0 Å². The molecule has 0 bridgehead atoms. The highest BCUT2D eigenvalue weighted by atomic mass is 16.2. The molecule has 5 aromatic rings. The van der Waals surface area contributed by atoms with E-state index in [9.17, 15) is 4.79 Å². The summed E-state index contributed by atoms with van der Waals surface area (Å²) in [7, 11) is 0. The van der Waals surface area contributed by atoms with Crippen LogP contribution in [0.5, 0.6) is 0 Å². The zero-order valence-electron chi connectivity index (χ0n) is 28.2. The molecular formula is C45H49NO. The van der Waals surface area contributed by atoms with Crippen molar-refractivity contribution in [3.63, 3.8) is 0 Å². The van der Waals surface area contributed by atoms with Crippen LogP contribution in [0.2, 0.25) is 0 Å². The summed E-state index contributed by atoms with van der Waals surface area (Å²) >= 11 is 0. The van der Waals surface area contributed by atoms with Gasteiger partial charge in [-0.2, -0.15) is 0 Å². The van der Waals surface area contributed by atoms with Crippen LogP contribution in [0.15, 0.2) is 133 Å². The first kappa shape index (κ1) is 32.5. The molecule has 240 valence electrons. The van der Waals surface area contributed by atoms with Crippen molar-refractivity contribution >= 4 is 5.91 Å². The highest BCUT2D eigenvalue weighted by Gasteiger charge is 2.20. The summed E-state index contributed by atoms with van der Waals surface area (Å²) in [4.78, 5) is 14.9. The van der Waals surface area contributed by atoms with Gasteiger partial charge >= 0.3 is 0 Å². The highest BCUT2D eigenvalue weighted by molar-refractivity contribution is 5.94. The average molecular weight is 620 g/mol. The topological polar surface area (TPSA) is 20.3 Å². The minimum atomic E-state index is 0.182. The molecule has 6 rings (SSSR count). The van der Waals surface area contributed by atoms with E-state index in [0.29, 0.717) is 17.8 Å². The number of benzene rings is 5. The molecule has 0 aliphatic carbocycles. The smallest absolute Gasteiger partial charge is 0.253 e. The molecule has 1 heterocycles. The van der Waals surface area contributed by atoms with Crippen LogP contribution in [0.1, 0.15) is 104 Å². The van der Waals surface area contributed by atoms with Crippen molar-refractivity contribution in [2.45, 2.75) is 76.5 Å². The first-order valence-electron chi connectivity index (χ1n) is 17.7. The summed E-state index contributed by atoms with van der Waals surface area (Å²) in [6.07, 6.45) is 8.08. The molecule has 5 aromatic carbocycles. The van der Waals surface area contributed by atoms with Gasteiger partial charge in [0.25, 0.3) is 5.91 Å². The Hall–Kier alpha value is -4.43. The van der Waals surface area contributed by atoms with Crippen LogP contribution in [0, 0.1) is 0 Å². The third-order valence-electron chi connectivity index (χ3n) is 10.3. The predicted molar refractivity (Wildman–Crippen MR) is 198 cm³/mol. The van der Waals surface area contributed by atoms with Gasteiger partial charge in [0.05, 0.1) is 0 Å². The minimum absolute atomic E-state index is 0.182. The molecule has 0 aromatic heterocycles. The minimum Gasteiger partial charge on any atom is -0.339 e. The van der Waals surface area contributed by atoms with Gasteiger partial charge in [0.1, 0.15) is 0 Å². The molecule has 1 saturated heterocycles. The summed E-state index contributed by atoms with van der Waals surface area (Å²) in [5, 5.41) is 0. The average Bonchev–Trinajstić information content (AvgIpc) is 3.69. The second-order valence-electron chi connectivity index (χ2n) is 13.6. The number of likely N-dealkylation sites (tertiary alicyclic amines) is 1. The number of rotatable bonds is 13. The summed E-state index contributed by atoms with van der Waals surface area (Å²) in [6.45, 7) is 6.51. The van der Waals surface area contributed by atoms with Gasteiger partial charge in [0, 0.05) is 18.7 Å². The van der Waals surface area contributed by atoms with Crippen LogP contribution in [-0.2, 0) is 0 Å². The van der Waals surface area contributed by atoms with Crippen molar-refractivity contribution in [1.82, 2.24) is 4.90 Å². The number of carbonyl (C=O) groups is 1. The lowest BCUT2D eigenvalue weighted by molar-refractivity contribution is 0.0793. The molecule has 1 amide bonds. The zero-order chi connectivity index (χ0) is 32.4. The highest BCUT2D eigenvalue weighted by Crippen LogP contribution is 2.35. The molecule has 3 atom stereocenters. The maximum Gasteiger partial charge on any atom is 0.253 e. The Bertz CT molecular complexity index is 1690. The Labute approximate surface area is 282 Å². The molecule has 0 spiro atoms. The van der Waals surface area contributed by atoms with Crippen LogP contribution in [0.3, 0.4) is 0 Å². The lowest BCUT2D eigenvalue weighted by Crippen LogP contribution is -2.27. The number of nitrogens with zero attached hydrogens (tertiary/aromatic N) is 1. The Morgan fingerprint density at radius 2 is 1.09 bits per heavy atom. The van der Waals surface area contributed by atoms with Crippen LogP contribution in [-0.4, -0.2) is 23.9 Å². The van der Waals surface area contributed by atoms with E-state index in [0.717, 1.165) is 44.3 Å². The maximum atomic E-state index is 12.9. The summed E-state index contributed by atoms with van der Waals surface area (Å²) in [5.74, 6) is 1.65. The van der Waals surface area contributed by atoms with E-state index in [4.69, 9.17) is 0 Å².